The van der Waals surface area contributed by atoms with Crippen LogP contribution in [0.2, 0.25) is 0 Å². The van der Waals surface area contributed by atoms with Crippen LogP contribution in [-0.2, 0) is 18.3 Å². The third kappa shape index (κ3) is 1.56. The van der Waals surface area contributed by atoms with E-state index < -0.39 is 5.97 Å². The number of carbonyl (C=O) groups is 1. The number of aromatic carboxylic acids is 1. The molecule has 1 aromatic rings. The van der Waals surface area contributed by atoms with Gasteiger partial charge in [-0.15, -0.1) is 0 Å². The van der Waals surface area contributed by atoms with Gasteiger partial charge < -0.3 is 9.52 Å². The molecule has 1 aliphatic rings. The van der Waals surface area contributed by atoms with Crippen LogP contribution in [0.1, 0.15) is 54.6 Å². The fraction of sp³-hybridized carbons (Fsp3) is 0.583. The molecule has 0 radical (unpaired) electrons. The van der Waals surface area contributed by atoms with E-state index in [-0.39, 0.29) is 11.2 Å². The number of furan rings is 1. The third-order valence-corrected chi connectivity index (χ3v) is 2.85. The van der Waals surface area contributed by atoms with Crippen molar-refractivity contribution in [2.24, 2.45) is 0 Å². The molecule has 1 aromatic heterocycles. The first kappa shape index (κ1) is 10.3. The lowest BCUT2D eigenvalue weighted by molar-refractivity contribution is 0.0657. The quantitative estimate of drug-likeness (QED) is 0.772. The Morgan fingerprint density at radius 1 is 1.27 bits per heavy atom. The average molecular weight is 208 g/mol. The summed E-state index contributed by atoms with van der Waals surface area (Å²) in [4.78, 5) is 11.0. The first-order chi connectivity index (χ1) is 6.91. The van der Waals surface area contributed by atoms with Gasteiger partial charge in [0.15, 0.2) is 0 Å². The van der Waals surface area contributed by atoms with Gasteiger partial charge in [0.2, 0.25) is 5.76 Å². The third-order valence-electron chi connectivity index (χ3n) is 2.85. The van der Waals surface area contributed by atoms with Crippen LogP contribution in [0.3, 0.4) is 0 Å². The van der Waals surface area contributed by atoms with Crippen molar-refractivity contribution in [3.05, 3.63) is 22.6 Å². The summed E-state index contributed by atoms with van der Waals surface area (Å²) in [6.07, 6.45) is 2.85. The zero-order chi connectivity index (χ0) is 11.2. The molecular formula is C12H16O3. The number of carboxylic acid groups (broad SMARTS) is 1. The summed E-state index contributed by atoms with van der Waals surface area (Å²) in [5, 5.41) is 9.03. The predicted molar refractivity (Wildman–Crippen MR) is 56.4 cm³/mol. The van der Waals surface area contributed by atoms with Gasteiger partial charge >= 0.3 is 5.97 Å². The number of hydrogen-bond acceptors (Lipinski definition) is 2. The van der Waals surface area contributed by atoms with Crippen LogP contribution in [0.5, 0.6) is 0 Å². The Hall–Kier alpha value is -1.25. The van der Waals surface area contributed by atoms with Crippen LogP contribution < -0.4 is 0 Å². The van der Waals surface area contributed by atoms with Crippen molar-refractivity contribution < 1.29 is 14.3 Å². The van der Waals surface area contributed by atoms with E-state index in [9.17, 15) is 4.79 Å². The zero-order valence-electron chi connectivity index (χ0n) is 9.39. The summed E-state index contributed by atoms with van der Waals surface area (Å²) in [5.74, 6) is 0.0727. The summed E-state index contributed by atoms with van der Waals surface area (Å²) in [5.41, 5.74) is 1.95. The molecule has 0 fully saturated rings. The number of hydrogen-bond donors (Lipinski definition) is 1. The maximum Gasteiger partial charge on any atom is 0.372 e. The van der Waals surface area contributed by atoms with E-state index in [0.29, 0.717) is 0 Å². The van der Waals surface area contributed by atoms with Crippen LogP contribution in [0, 0.1) is 0 Å². The van der Waals surface area contributed by atoms with Gasteiger partial charge in [-0.1, -0.05) is 20.8 Å². The molecule has 2 rings (SSSR count). The van der Waals surface area contributed by atoms with Crippen molar-refractivity contribution >= 4 is 5.97 Å². The van der Waals surface area contributed by atoms with Crippen LogP contribution in [-0.4, -0.2) is 11.1 Å². The number of carboxylic acids is 1. The molecule has 1 N–H and O–H groups in total. The standard InChI is InChI=1S/C12H16O3/c1-12(2,3)10-8-6-4-5-7(8)9(15-10)11(13)14/h4-6H2,1-3H3,(H,13,14). The molecule has 3 heteroatoms. The van der Waals surface area contributed by atoms with E-state index in [1.165, 1.54) is 0 Å². The molecule has 1 aliphatic carbocycles. The average Bonchev–Trinajstić information content (AvgIpc) is 2.57. The molecule has 15 heavy (non-hydrogen) atoms. The highest BCUT2D eigenvalue weighted by Gasteiger charge is 2.32. The topological polar surface area (TPSA) is 50.4 Å². The highest BCUT2D eigenvalue weighted by molar-refractivity contribution is 5.87. The predicted octanol–water partition coefficient (Wildman–Crippen LogP) is 2.76. The van der Waals surface area contributed by atoms with E-state index in [1.54, 1.807) is 0 Å². The van der Waals surface area contributed by atoms with Crippen molar-refractivity contribution in [2.75, 3.05) is 0 Å². The molecular weight excluding hydrogens is 192 g/mol. The van der Waals surface area contributed by atoms with Crippen LogP contribution in [0.4, 0.5) is 0 Å². The Kier molecular flexibility index (Phi) is 2.14. The lowest BCUT2D eigenvalue weighted by atomic mass is 9.89. The van der Waals surface area contributed by atoms with Crippen LogP contribution >= 0.6 is 0 Å². The smallest absolute Gasteiger partial charge is 0.372 e. The second kappa shape index (κ2) is 3.12. The summed E-state index contributed by atoms with van der Waals surface area (Å²) in [6.45, 7) is 6.15. The molecule has 0 bridgehead atoms. The Bertz CT molecular complexity index is 407. The van der Waals surface area contributed by atoms with Gasteiger partial charge in [-0.3, -0.25) is 0 Å². The molecule has 0 aliphatic heterocycles. The van der Waals surface area contributed by atoms with E-state index >= 15 is 0 Å². The van der Waals surface area contributed by atoms with Crippen molar-refractivity contribution in [3.8, 4) is 0 Å². The van der Waals surface area contributed by atoms with Gasteiger partial charge in [-0.05, 0) is 24.8 Å². The van der Waals surface area contributed by atoms with E-state index in [0.717, 1.165) is 36.1 Å². The van der Waals surface area contributed by atoms with E-state index in [2.05, 4.69) is 20.8 Å². The second-order valence-electron chi connectivity index (χ2n) is 5.13. The number of fused-ring (bicyclic) bond motifs is 1. The van der Waals surface area contributed by atoms with Gasteiger partial charge in [0.25, 0.3) is 0 Å². The Morgan fingerprint density at radius 2 is 1.87 bits per heavy atom. The molecule has 82 valence electrons. The van der Waals surface area contributed by atoms with Crippen molar-refractivity contribution in [2.45, 2.75) is 45.4 Å². The highest BCUT2D eigenvalue weighted by Crippen LogP contribution is 2.37. The molecule has 3 nitrogen and oxygen atoms in total. The summed E-state index contributed by atoms with van der Waals surface area (Å²) in [7, 11) is 0. The Balaban J connectivity index is 2.59. The van der Waals surface area contributed by atoms with Gasteiger partial charge in [-0.25, -0.2) is 4.79 Å². The monoisotopic (exact) mass is 208 g/mol. The fourth-order valence-corrected chi connectivity index (χ4v) is 2.25. The molecule has 0 saturated heterocycles. The summed E-state index contributed by atoms with van der Waals surface area (Å²) < 4.78 is 5.51. The van der Waals surface area contributed by atoms with Crippen molar-refractivity contribution in [1.29, 1.82) is 0 Å². The Labute approximate surface area is 89.1 Å². The summed E-state index contributed by atoms with van der Waals surface area (Å²) >= 11 is 0. The zero-order valence-corrected chi connectivity index (χ0v) is 9.39. The lowest BCUT2D eigenvalue weighted by Crippen LogP contribution is -2.12. The molecule has 0 atom stereocenters. The largest absolute Gasteiger partial charge is 0.475 e. The second-order valence-corrected chi connectivity index (χ2v) is 5.13. The fourth-order valence-electron chi connectivity index (χ4n) is 2.25. The van der Waals surface area contributed by atoms with Gasteiger partial charge in [0, 0.05) is 11.0 Å². The Morgan fingerprint density at radius 3 is 2.40 bits per heavy atom. The highest BCUT2D eigenvalue weighted by atomic mass is 16.4. The van der Waals surface area contributed by atoms with E-state index in [4.69, 9.17) is 9.52 Å². The minimum atomic E-state index is -0.941. The maximum absolute atomic E-state index is 11.0. The summed E-state index contributed by atoms with van der Waals surface area (Å²) in [6, 6.07) is 0. The lowest BCUT2D eigenvalue weighted by Gasteiger charge is -2.16. The maximum atomic E-state index is 11.0. The van der Waals surface area contributed by atoms with Crippen LogP contribution in [0.15, 0.2) is 4.42 Å². The first-order valence-electron chi connectivity index (χ1n) is 5.29. The molecule has 1 heterocycles. The van der Waals surface area contributed by atoms with Gasteiger partial charge in [0.1, 0.15) is 5.76 Å². The molecule has 0 unspecified atom stereocenters. The molecule has 0 amide bonds. The van der Waals surface area contributed by atoms with E-state index in [1.807, 2.05) is 0 Å². The molecule has 0 spiro atoms. The SMILES string of the molecule is CC(C)(C)c1oc(C(=O)O)c2c1CCC2. The van der Waals surface area contributed by atoms with Gasteiger partial charge in [0.05, 0.1) is 0 Å². The minimum absolute atomic E-state index is 0.109. The normalized spacial score (nSPS) is 15.4. The molecule has 0 aromatic carbocycles. The van der Waals surface area contributed by atoms with Crippen LogP contribution in [0.25, 0.3) is 0 Å². The van der Waals surface area contributed by atoms with Crippen molar-refractivity contribution in [3.63, 3.8) is 0 Å². The molecule has 0 saturated carbocycles. The van der Waals surface area contributed by atoms with Crippen molar-refractivity contribution in [1.82, 2.24) is 0 Å². The minimum Gasteiger partial charge on any atom is -0.475 e. The number of rotatable bonds is 1. The van der Waals surface area contributed by atoms with Gasteiger partial charge in [-0.2, -0.15) is 0 Å². The first-order valence-corrected chi connectivity index (χ1v) is 5.29.